The standard InChI is InChI=1S/C10H13NO4S/c1-15-10-6-4-3-5-8(10)9(12)7-11-16(2,13)14/h3-6,11H,7H2,1-2H3. The van der Waals surface area contributed by atoms with Gasteiger partial charge in [-0.3, -0.25) is 4.79 Å². The second-order valence-electron chi connectivity index (χ2n) is 3.22. The van der Waals surface area contributed by atoms with Crippen LogP contribution in [0.3, 0.4) is 0 Å². The molecule has 1 N–H and O–H groups in total. The minimum atomic E-state index is -3.36. The van der Waals surface area contributed by atoms with Crippen molar-refractivity contribution in [3.05, 3.63) is 29.8 Å². The van der Waals surface area contributed by atoms with Crippen molar-refractivity contribution in [2.75, 3.05) is 19.9 Å². The third-order valence-corrected chi connectivity index (χ3v) is 2.57. The predicted octanol–water partition coefficient (Wildman–Crippen LogP) is 0.427. The van der Waals surface area contributed by atoms with E-state index < -0.39 is 10.0 Å². The molecule has 0 atom stereocenters. The lowest BCUT2D eigenvalue weighted by Crippen LogP contribution is -2.28. The molecular weight excluding hydrogens is 230 g/mol. The van der Waals surface area contributed by atoms with Crippen molar-refractivity contribution in [2.24, 2.45) is 0 Å². The van der Waals surface area contributed by atoms with Gasteiger partial charge >= 0.3 is 0 Å². The second-order valence-corrected chi connectivity index (χ2v) is 5.05. The van der Waals surface area contributed by atoms with Crippen LogP contribution in [-0.2, 0) is 10.0 Å². The number of sulfonamides is 1. The maximum absolute atomic E-state index is 11.7. The molecule has 0 aromatic heterocycles. The average Bonchev–Trinajstić information content (AvgIpc) is 2.25. The number of methoxy groups -OCH3 is 1. The van der Waals surface area contributed by atoms with Gasteiger partial charge in [0.2, 0.25) is 10.0 Å². The molecule has 0 fully saturated rings. The number of hydrogen-bond acceptors (Lipinski definition) is 4. The smallest absolute Gasteiger partial charge is 0.209 e. The van der Waals surface area contributed by atoms with Gasteiger partial charge in [0.15, 0.2) is 5.78 Å². The predicted molar refractivity (Wildman–Crippen MR) is 60.2 cm³/mol. The fraction of sp³-hybridized carbons (Fsp3) is 0.300. The summed E-state index contributed by atoms with van der Waals surface area (Å²) < 4.78 is 28.8. The molecule has 5 nitrogen and oxygen atoms in total. The van der Waals surface area contributed by atoms with Crippen LogP contribution in [-0.4, -0.2) is 34.1 Å². The number of Topliss-reactive ketones (excluding diaryl/α,β-unsaturated/α-hetero) is 1. The third-order valence-electron chi connectivity index (χ3n) is 1.90. The molecule has 0 amide bonds. The largest absolute Gasteiger partial charge is 0.496 e. The van der Waals surface area contributed by atoms with E-state index in [4.69, 9.17) is 4.74 Å². The van der Waals surface area contributed by atoms with Crippen LogP contribution < -0.4 is 9.46 Å². The Morgan fingerprint density at radius 2 is 2.00 bits per heavy atom. The Bertz CT molecular complexity index is 481. The fourth-order valence-electron chi connectivity index (χ4n) is 1.17. The Balaban J connectivity index is 2.81. The topological polar surface area (TPSA) is 72.5 Å². The lowest BCUT2D eigenvalue weighted by Gasteiger charge is -2.07. The van der Waals surface area contributed by atoms with Gasteiger partial charge in [-0.15, -0.1) is 0 Å². The van der Waals surface area contributed by atoms with Crippen molar-refractivity contribution in [3.63, 3.8) is 0 Å². The third kappa shape index (κ3) is 3.63. The van der Waals surface area contributed by atoms with Crippen molar-refractivity contribution in [1.29, 1.82) is 0 Å². The number of nitrogens with one attached hydrogen (secondary N) is 1. The number of carbonyl (C=O) groups excluding carboxylic acids is 1. The number of rotatable bonds is 5. The van der Waals surface area contributed by atoms with Gasteiger partial charge in [-0.1, -0.05) is 12.1 Å². The van der Waals surface area contributed by atoms with E-state index in [-0.39, 0.29) is 12.3 Å². The van der Waals surface area contributed by atoms with E-state index in [0.29, 0.717) is 11.3 Å². The van der Waals surface area contributed by atoms with Gasteiger partial charge in [0, 0.05) is 0 Å². The quantitative estimate of drug-likeness (QED) is 0.761. The first-order valence-electron chi connectivity index (χ1n) is 4.55. The summed E-state index contributed by atoms with van der Waals surface area (Å²) in [6.07, 6.45) is 1.00. The molecule has 0 unspecified atom stereocenters. The highest BCUT2D eigenvalue weighted by Crippen LogP contribution is 2.17. The van der Waals surface area contributed by atoms with Gasteiger partial charge in [-0.05, 0) is 12.1 Å². The molecule has 88 valence electrons. The van der Waals surface area contributed by atoms with Crippen molar-refractivity contribution >= 4 is 15.8 Å². The number of benzene rings is 1. The molecule has 0 aliphatic rings. The van der Waals surface area contributed by atoms with Crippen LogP contribution in [0.1, 0.15) is 10.4 Å². The number of hydrogen-bond donors (Lipinski definition) is 1. The first-order chi connectivity index (χ1) is 7.44. The molecule has 0 heterocycles. The summed E-state index contributed by atoms with van der Waals surface area (Å²) in [5.74, 6) is 0.102. The van der Waals surface area contributed by atoms with E-state index in [1.54, 1.807) is 24.3 Å². The maximum atomic E-state index is 11.7. The molecule has 1 aromatic rings. The Morgan fingerprint density at radius 1 is 1.38 bits per heavy atom. The first kappa shape index (κ1) is 12.7. The number of carbonyl (C=O) groups is 1. The molecule has 0 spiro atoms. The van der Waals surface area contributed by atoms with E-state index in [1.807, 2.05) is 0 Å². The summed E-state index contributed by atoms with van der Waals surface area (Å²) in [4.78, 5) is 11.7. The highest BCUT2D eigenvalue weighted by atomic mass is 32.2. The number of ketones is 1. The van der Waals surface area contributed by atoms with Crippen molar-refractivity contribution in [1.82, 2.24) is 4.72 Å². The molecule has 1 aromatic carbocycles. The Kier molecular flexibility index (Phi) is 4.03. The molecule has 0 saturated carbocycles. The van der Waals surface area contributed by atoms with E-state index in [2.05, 4.69) is 4.72 Å². The Morgan fingerprint density at radius 3 is 2.56 bits per heavy atom. The van der Waals surface area contributed by atoms with Crippen molar-refractivity contribution in [2.45, 2.75) is 0 Å². The van der Waals surface area contributed by atoms with Gasteiger partial charge in [0.25, 0.3) is 0 Å². The monoisotopic (exact) mass is 243 g/mol. The van der Waals surface area contributed by atoms with Crippen molar-refractivity contribution in [3.8, 4) is 5.75 Å². The van der Waals surface area contributed by atoms with Gasteiger partial charge < -0.3 is 4.74 Å². The van der Waals surface area contributed by atoms with Gasteiger partial charge in [-0.2, -0.15) is 0 Å². The van der Waals surface area contributed by atoms with Crippen LogP contribution in [0.4, 0.5) is 0 Å². The molecule has 0 radical (unpaired) electrons. The first-order valence-corrected chi connectivity index (χ1v) is 6.44. The number of para-hydroxylation sites is 1. The van der Waals surface area contributed by atoms with Crippen LogP contribution in [0.5, 0.6) is 5.75 Å². The Hall–Kier alpha value is -1.40. The average molecular weight is 243 g/mol. The highest BCUT2D eigenvalue weighted by Gasteiger charge is 2.12. The minimum absolute atomic E-state index is 0.265. The molecule has 16 heavy (non-hydrogen) atoms. The summed E-state index contributed by atoms with van der Waals surface area (Å²) in [5.41, 5.74) is 0.362. The Labute approximate surface area is 94.5 Å². The van der Waals surface area contributed by atoms with Gasteiger partial charge in [0.05, 0.1) is 25.5 Å². The lowest BCUT2D eigenvalue weighted by molar-refractivity contribution is 0.0994. The zero-order valence-electron chi connectivity index (χ0n) is 9.06. The van der Waals surface area contributed by atoms with E-state index in [1.165, 1.54) is 7.11 Å². The van der Waals surface area contributed by atoms with Crippen LogP contribution >= 0.6 is 0 Å². The maximum Gasteiger partial charge on any atom is 0.209 e. The van der Waals surface area contributed by atoms with Crippen LogP contribution in [0.15, 0.2) is 24.3 Å². The zero-order chi connectivity index (χ0) is 12.2. The summed E-state index contributed by atoms with van der Waals surface area (Å²) in [6.45, 7) is -0.265. The summed E-state index contributed by atoms with van der Waals surface area (Å²) >= 11 is 0. The zero-order valence-corrected chi connectivity index (χ0v) is 9.87. The van der Waals surface area contributed by atoms with Crippen LogP contribution in [0, 0.1) is 0 Å². The lowest BCUT2D eigenvalue weighted by atomic mass is 10.1. The van der Waals surface area contributed by atoms with E-state index >= 15 is 0 Å². The molecule has 0 bridgehead atoms. The molecule has 0 aliphatic heterocycles. The van der Waals surface area contributed by atoms with Crippen molar-refractivity contribution < 1.29 is 17.9 Å². The molecule has 0 saturated heterocycles. The highest BCUT2D eigenvalue weighted by molar-refractivity contribution is 7.88. The molecular formula is C10H13NO4S. The van der Waals surface area contributed by atoms with E-state index in [0.717, 1.165) is 6.26 Å². The summed E-state index contributed by atoms with van der Waals surface area (Å²) in [6, 6.07) is 6.66. The molecule has 1 rings (SSSR count). The molecule has 0 aliphatic carbocycles. The van der Waals surface area contributed by atoms with Crippen LogP contribution in [0.25, 0.3) is 0 Å². The summed E-state index contributed by atoms with van der Waals surface area (Å²) in [7, 11) is -1.90. The normalized spacial score (nSPS) is 11.1. The number of ether oxygens (including phenoxy) is 1. The summed E-state index contributed by atoms with van der Waals surface area (Å²) in [5, 5.41) is 0. The van der Waals surface area contributed by atoms with Gasteiger partial charge in [-0.25, -0.2) is 13.1 Å². The second kappa shape index (κ2) is 5.09. The minimum Gasteiger partial charge on any atom is -0.496 e. The van der Waals surface area contributed by atoms with Gasteiger partial charge in [0.1, 0.15) is 5.75 Å². The fourth-order valence-corrected chi connectivity index (χ4v) is 1.56. The van der Waals surface area contributed by atoms with E-state index in [9.17, 15) is 13.2 Å². The SMILES string of the molecule is COc1ccccc1C(=O)CNS(C)(=O)=O. The van der Waals surface area contributed by atoms with Crippen LogP contribution in [0.2, 0.25) is 0 Å². The molecule has 6 heteroatoms.